The van der Waals surface area contributed by atoms with Crippen molar-refractivity contribution in [3.8, 4) is 0 Å². The van der Waals surface area contributed by atoms with Crippen LogP contribution in [0.3, 0.4) is 0 Å². The predicted molar refractivity (Wildman–Crippen MR) is 94.1 cm³/mol. The predicted octanol–water partition coefficient (Wildman–Crippen LogP) is 3.83. The number of amides is 1. The summed E-state index contributed by atoms with van der Waals surface area (Å²) >= 11 is 1.40. The first kappa shape index (κ1) is 18.6. The number of carbonyl (C=O) groups excluding carboxylic acids is 1. The monoisotopic (exact) mass is 351 g/mol. The maximum atomic E-state index is 12.4. The second kappa shape index (κ2) is 8.92. The number of carboxylic acid groups (broad SMARTS) is 1. The number of aliphatic carboxylic acids is 1. The summed E-state index contributed by atoms with van der Waals surface area (Å²) in [5.74, 6) is -2.06. The summed E-state index contributed by atoms with van der Waals surface area (Å²) in [6.45, 7) is 4.29. The smallest absolute Gasteiger partial charge is 0.307 e. The molecule has 0 saturated carbocycles. The lowest BCUT2D eigenvalue weighted by molar-refractivity contribution is -0.146. The molecule has 2 N–H and O–H groups in total. The van der Waals surface area contributed by atoms with E-state index in [9.17, 15) is 14.7 Å². The van der Waals surface area contributed by atoms with Gasteiger partial charge in [-0.3, -0.25) is 9.59 Å². The number of hydrogen-bond acceptors (Lipinski definition) is 5. The summed E-state index contributed by atoms with van der Waals surface area (Å²) in [5.41, 5.74) is 0. The molecule has 1 aromatic rings. The Balaban J connectivity index is 2.01. The third-order valence-corrected chi connectivity index (χ3v) is 5.51. The van der Waals surface area contributed by atoms with Gasteiger partial charge in [-0.2, -0.15) is 0 Å². The highest BCUT2D eigenvalue weighted by atomic mass is 32.1. The number of rotatable bonds is 8. The number of hydrogen-bond donors (Lipinski definition) is 2. The summed E-state index contributed by atoms with van der Waals surface area (Å²) in [6, 6.07) is 0. The van der Waals surface area contributed by atoms with Crippen LogP contribution in [0.15, 0.2) is 12.2 Å². The molecule has 0 unspecified atom stereocenters. The molecule has 24 heavy (non-hydrogen) atoms. The van der Waals surface area contributed by atoms with E-state index >= 15 is 0 Å². The molecule has 132 valence electrons. The van der Waals surface area contributed by atoms with E-state index in [1.165, 1.54) is 11.3 Å². The van der Waals surface area contributed by atoms with Gasteiger partial charge in [-0.1, -0.05) is 50.2 Å². The molecule has 1 amide bonds. The van der Waals surface area contributed by atoms with Gasteiger partial charge in [0.05, 0.1) is 11.8 Å². The summed E-state index contributed by atoms with van der Waals surface area (Å²) in [7, 11) is 0. The molecule has 7 heteroatoms. The SMILES string of the molecule is CCCC[C@H](CC)c1nnc(NC(=O)[C@@H]2CC=CC[C@H]2C(=O)O)s1. The van der Waals surface area contributed by atoms with Gasteiger partial charge in [0, 0.05) is 5.92 Å². The van der Waals surface area contributed by atoms with Gasteiger partial charge in [0.25, 0.3) is 0 Å². The number of nitrogens with one attached hydrogen (secondary N) is 1. The van der Waals surface area contributed by atoms with Crippen LogP contribution >= 0.6 is 11.3 Å². The van der Waals surface area contributed by atoms with Crippen molar-refractivity contribution in [3.05, 3.63) is 17.2 Å². The van der Waals surface area contributed by atoms with Crippen molar-refractivity contribution in [2.24, 2.45) is 11.8 Å². The Bertz CT molecular complexity index is 600. The van der Waals surface area contributed by atoms with E-state index in [0.717, 1.165) is 30.7 Å². The highest BCUT2D eigenvalue weighted by Gasteiger charge is 2.34. The van der Waals surface area contributed by atoms with Crippen molar-refractivity contribution in [2.75, 3.05) is 5.32 Å². The van der Waals surface area contributed by atoms with Crippen molar-refractivity contribution in [1.29, 1.82) is 0 Å². The van der Waals surface area contributed by atoms with Crippen molar-refractivity contribution in [2.45, 2.75) is 58.3 Å². The number of carbonyl (C=O) groups is 2. The number of aromatic nitrogens is 2. The van der Waals surface area contributed by atoms with Crippen molar-refractivity contribution in [3.63, 3.8) is 0 Å². The van der Waals surface area contributed by atoms with E-state index in [2.05, 4.69) is 29.4 Å². The van der Waals surface area contributed by atoms with Crippen molar-refractivity contribution >= 4 is 28.3 Å². The summed E-state index contributed by atoms with van der Waals surface area (Å²) in [6.07, 6.45) is 8.89. The van der Waals surface area contributed by atoms with Crippen LogP contribution in [-0.4, -0.2) is 27.2 Å². The molecule has 1 heterocycles. The zero-order valence-electron chi connectivity index (χ0n) is 14.2. The van der Waals surface area contributed by atoms with Gasteiger partial charge >= 0.3 is 5.97 Å². The van der Waals surface area contributed by atoms with Gasteiger partial charge in [0.2, 0.25) is 11.0 Å². The first-order valence-electron chi connectivity index (χ1n) is 8.58. The normalized spacial score (nSPS) is 21.4. The van der Waals surface area contributed by atoms with Gasteiger partial charge in [-0.15, -0.1) is 10.2 Å². The molecule has 1 aliphatic rings. The third-order valence-electron chi connectivity index (χ3n) is 4.51. The highest BCUT2D eigenvalue weighted by molar-refractivity contribution is 7.15. The fraction of sp³-hybridized carbons (Fsp3) is 0.647. The number of carboxylic acids is 1. The summed E-state index contributed by atoms with van der Waals surface area (Å²) < 4.78 is 0. The molecule has 1 aromatic heterocycles. The van der Waals surface area contributed by atoms with E-state index in [1.54, 1.807) is 0 Å². The summed E-state index contributed by atoms with van der Waals surface area (Å²) in [4.78, 5) is 23.7. The van der Waals surface area contributed by atoms with Gasteiger partial charge in [0.15, 0.2) is 0 Å². The zero-order chi connectivity index (χ0) is 17.5. The van der Waals surface area contributed by atoms with Gasteiger partial charge in [-0.25, -0.2) is 0 Å². The second-order valence-electron chi connectivity index (χ2n) is 6.18. The van der Waals surface area contributed by atoms with Gasteiger partial charge < -0.3 is 10.4 Å². The first-order valence-corrected chi connectivity index (χ1v) is 9.40. The first-order chi connectivity index (χ1) is 11.6. The van der Waals surface area contributed by atoms with E-state index in [1.807, 2.05) is 12.2 Å². The number of anilines is 1. The Kier molecular flexibility index (Phi) is 6.90. The van der Waals surface area contributed by atoms with Crippen LogP contribution < -0.4 is 5.32 Å². The molecule has 6 nitrogen and oxygen atoms in total. The Morgan fingerprint density at radius 1 is 1.29 bits per heavy atom. The van der Waals surface area contributed by atoms with E-state index in [-0.39, 0.29) is 5.91 Å². The Morgan fingerprint density at radius 3 is 2.62 bits per heavy atom. The molecule has 1 aliphatic carbocycles. The van der Waals surface area contributed by atoms with Crippen molar-refractivity contribution in [1.82, 2.24) is 10.2 Å². The number of nitrogens with zero attached hydrogens (tertiary/aromatic N) is 2. The maximum Gasteiger partial charge on any atom is 0.307 e. The van der Waals surface area contributed by atoms with Gasteiger partial charge in [-0.05, 0) is 25.7 Å². The second-order valence-corrected chi connectivity index (χ2v) is 7.19. The maximum absolute atomic E-state index is 12.4. The fourth-order valence-electron chi connectivity index (χ4n) is 2.98. The molecule has 0 radical (unpaired) electrons. The lowest BCUT2D eigenvalue weighted by Crippen LogP contribution is -2.34. The molecule has 0 aromatic carbocycles. The van der Waals surface area contributed by atoms with Crippen LogP contribution in [0.4, 0.5) is 5.13 Å². The lowest BCUT2D eigenvalue weighted by Gasteiger charge is -2.23. The average molecular weight is 351 g/mol. The molecule has 0 bridgehead atoms. The molecule has 3 atom stereocenters. The van der Waals surface area contributed by atoms with Crippen LogP contribution in [0.5, 0.6) is 0 Å². The minimum Gasteiger partial charge on any atom is -0.481 e. The molecule has 0 saturated heterocycles. The molecule has 0 aliphatic heterocycles. The summed E-state index contributed by atoms with van der Waals surface area (Å²) in [5, 5.41) is 21.7. The highest BCUT2D eigenvalue weighted by Crippen LogP contribution is 2.31. The van der Waals surface area contributed by atoms with Crippen LogP contribution in [0.1, 0.15) is 63.3 Å². The topological polar surface area (TPSA) is 92.2 Å². The quantitative estimate of drug-likeness (QED) is 0.695. The van der Waals surface area contributed by atoms with Crippen LogP contribution in [-0.2, 0) is 9.59 Å². The molecule has 0 fully saturated rings. The Labute approximate surface area is 146 Å². The van der Waals surface area contributed by atoms with Gasteiger partial charge in [0.1, 0.15) is 5.01 Å². The zero-order valence-corrected chi connectivity index (χ0v) is 15.0. The molecular formula is C17H25N3O3S. The minimum atomic E-state index is -0.928. The lowest BCUT2D eigenvalue weighted by atomic mass is 9.82. The van der Waals surface area contributed by atoms with Crippen molar-refractivity contribution < 1.29 is 14.7 Å². The standard InChI is InChI=1S/C17H25N3O3S/c1-3-5-8-11(4-2)15-19-20-17(24-15)18-14(21)12-9-6-7-10-13(12)16(22)23/h6-7,11-13H,3-5,8-10H2,1-2H3,(H,22,23)(H,18,20,21)/t11-,12+,13+/m0/s1. The number of allylic oxidation sites excluding steroid dienone is 2. The van der Waals surface area contributed by atoms with Crippen LogP contribution in [0, 0.1) is 11.8 Å². The van der Waals surface area contributed by atoms with E-state index in [0.29, 0.717) is 23.9 Å². The molecule has 0 spiro atoms. The van der Waals surface area contributed by atoms with Crippen LogP contribution in [0.2, 0.25) is 0 Å². The molecule has 2 rings (SSSR count). The average Bonchev–Trinajstić information content (AvgIpc) is 3.03. The Morgan fingerprint density at radius 2 is 2.00 bits per heavy atom. The number of unbranched alkanes of at least 4 members (excludes halogenated alkanes) is 1. The largest absolute Gasteiger partial charge is 0.481 e. The fourth-order valence-corrected chi connectivity index (χ4v) is 3.94. The minimum absolute atomic E-state index is 0.281. The molecular weight excluding hydrogens is 326 g/mol. The Hall–Kier alpha value is -1.76. The third kappa shape index (κ3) is 4.63. The van der Waals surface area contributed by atoms with Crippen LogP contribution in [0.25, 0.3) is 0 Å². The van der Waals surface area contributed by atoms with E-state index < -0.39 is 17.8 Å². The van der Waals surface area contributed by atoms with E-state index in [4.69, 9.17) is 0 Å².